The van der Waals surface area contributed by atoms with Crippen molar-refractivity contribution in [1.82, 2.24) is 19.5 Å². The van der Waals surface area contributed by atoms with Crippen LogP contribution in [0.15, 0.2) is 0 Å². The molecule has 1 aliphatic heterocycles. The largest absolute Gasteiger partial charge is 0.394 e. The van der Waals surface area contributed by atoms with Crippen LogP contribution in [-0.4, -0.2) is 59.8 Å². The van der Waals surface area contributed by atoms with Crippen molar-refractivity contribution in [2.45, 2.75) is 31.5 Å². The van der Waals surface area contributed by atoms with Gasteiger partial charge in [-0.15, -0.1) is 0 Å². The fourth-order valence-corrected chi connectivity index (χ4v) is 2.49. The van der Waals surface area contributed by atoms with Crippen molar-refractivity contribution in [3.63, 3.8) is 0 Å². The van der Waals surface area contributed by atoms with E-state index in [1.54, 1.807) is 6.92 Å². The van der Waals surface area contributed by atoms with Gasteiger partial charge in [0, 0.05) is 0 Å². The van der Waals surface area contributed by atoms with E-state index in [1.165, 1.54) is 4.57 Å². The van der Waals surface area contributed by atoms with Gasteiger partial charge in [0.25, 0.3) is 0 Å². The van der Waals surface area contributed by atoms with E-state index >= 15 is 0 Å². The summed E-state index contributed by atoms with van der Waals surface area (Å²) in [5.41, 5.74) is 12.7. The molecule has 1 fully saturated rings. The zero-order valence-electron chi connectivity index (χ0n) is 11.2. The van der Waals surface area contributed by atoms with Crippen LogP contribution in [0.25, 0.3) is 11.2 Å². The van der Waals surface area contributed by atoms with Gasteiger partial charge in [-0.25, -0.2) is 9.97 Å². The van der Waals surface area contributed by atoms with Crippen molar-refractivity contribution >= 4 is 23.1 Å². The molecule has 114 valence electrons. The SMILES string of the molecule is Cc1nc(N)nc2c1nc(N)n2[C@@H]1O[C@H](CO)[C@@H](O)[C@H]1O. The van der Waals surface area contributed by atoms with E-state index in [0.29, 0.717) is 16.9 Å². The number of nitrogens with zero attached hydrogens (tertiary/aromatic N) is 4. The molecular weight excluding hydrogens is 280 g/mol. The second-order valence-electron chi connectivity index (χ2n) is 4.91. The molecule has 0 aromatic carbocycles. The molecule has 2 aromatic rings. The normalized spacial score (nSPS) is 29.3. The summed E-state index contributed by atoms with van der Waals surface area (Å²) in [6.07, 6.45) is -4.45. The standard InChI is InChI=1S/C11H16N6O4/c1-3-5-8(16-10(12)14-3)17(11(13)15-5)9-7(20)6(19)4(2-18)21-9/h4,6-7,9,18-20H,2H2,1H3,(H2,13,15)(H2,12,14,16)/t4-,6-,7-,9-/m1/s1. The van der Waals surface area contributed by atoms with E-state index < -0.39 is 31.1 Å². The van der Waals surface area contributed by atoms with Gasteiger partial charge >= 0.3 is 0 Å². The van der Waals surface area contributed by atoms with Gasteiger partial charge in [0.1, 0.15) is 23.8 Å². The summed E-state index contributed by atoms with van der Waals surface area (Å²) >= 11 is 0. The van der Waals surface area contributed by atoms with Crippen molar-refractivity contribution in [1.29, 1.82) is 0 Å². The van der Waals surface area contributed by atoms with E-state index in [9.17, 15) is 10.2 Å². The number of rotatable bonds is 2. The minimum absolute atomic E-state index is 0.0351. The fourth-order valence-electron chi connectivity index (χ4n) is 2.49. The van der Waals surface area contributed by atoms with Gasteiger partial charge in [-0.05, 0) is 6.92 Å². The highest BCUT2D eigenvalue weighted by molar-refractivity contribution is 5.77. The summed E-state index contributed by atoms with van der Waals surface area (Å²) in [5.74, 6) is 0.0794. The number of nitrogens with two attached hydrogens (primary N) is 2. The maximum Gasteiger partial charge on any atom is 0.222 e. The molecule has 7 N–H and O–H groups in total. The Morgan fingerprint density at radius 3 is 2.52 bits per heavy atom. The molecule has 1 aliphatic rings. The molecule has 0 bridgehead atoms. The van der Waals surface area contributed by atoms with Crippen LogP contribution in [0.3, 0.4) is 0 Å². The lowest BCUT2D eigenvalue weighted by Crippen LogP contribution is -2.33. The Balaban J connectivity index is 2.15. The summed E-state index contributed by atoms with van der Waals surface area (Å²) in [6, 6.07) is 0. The van der Waals surface area contributed by atoms with Gasteiger partial charge in [0.05, 0.1) is 12.3 Å². The van der Waals surface area contributed by atoms with Crippen LogP contribution in [0, 0.1) is 6.92 Å². The number of aromatic nitrogens is 4. The number of aryl methyl sites for hydroxylation is 1. The number of fused-ring (bicyclic) bond motifs is 1. The predicted molar refractivity (Wildman–Crippen MR) is 71.9 cm³/mol. The third kappa shape index (κ3) is 2.00. The molecule has 0 aliphatic carbocycles. The van der Waals surface area contributed by atoms with Crippen LogP contribution in [0.4, 0.5) is 11.9 Å². The van der Waals surface area contributed by atoms with Crippen molar-refractivity contribution in [2.24, 2.45) is 0 Å². The Morgan fingerprint density at radius 1 is 1.19 bits per heavy atom. The Kier molecular flexibility index (Phi) is 3.17. The molecule has 0 spiro atoms. The third-order valence-electron chi connectivity index (χ3n) is 3.53. The summed E-state index contributed by atoms with van der Waals surface area (Å²) < 4.78 is 6.78. The smallest absolute Gasteiger partial charge is 0.222 e. The Morgan fingerprint density at radius 2 is 1.90 bits per heavy atom. The summed E-state index contributed by atoms with van der Waals surface area (Å²) in [5, 5.41) is 29.1. The van der Waals surface area contributed by atoms with E-state index in [4.69, 9.17) is 21.3 Å². The molecule has 1 saturated heterocycles. The van der Waals surface area contributed by atoms with Crippen LogP contribution >= 0.6 is 0 Å². The number of imidazole rings is 1. The first kappa shape index (κ1) is 13.9. The highest BCUT2D eigenvalue weighted by Crippen LogP contribution is 2.34. The molecule has 0 amide bonds. The van der Waals surface area contributed by atoms with Gasteiger partial charge in [-0.1, -0.05) is 0 Å². The molecule has 10 heteroatoms. The van der Waals surface area contributed by atoms with Gasteiger partial charge in [0.2, 0.25) is 11.9 Å². The number of ether oxygens (including phenoxy) is 1. The van der Waals surface area contributed by atoms with Crippen molar-refractivity contribution < 1.29 is 20.1 Å². The second-order valence-corrected chi connectivity index (χ2v) is 4.91. The number of hydrogen-bond donors (Lipinski definition) is 5. The van der Waals surface area contributed by atoms with Gasteiger partial charge in [0.15, 0.2) is 11.9 Å². The first-order chi connectivity index (χ1) is 9.93. The lowest BCUT2D eigenvalue weighted by molar-refractivity contribution is -0.0500. The van der Waals surface area contributed by atoms with Gasteiger partial charge < -0.3 is 31.5 Å². The van der Waals surface area contributed by atoms with Crippen LogP contribution in [0.1, 0.15) is 11.9 Å². The van der Waals surface area contributed by atoms with Gasteiger partial charge in [-0.3, -0.25) is 4.57 Å². The molecule has 3 rings (SSSR count). The molecule has 4 atom stereocenters. The maximum absolute atomic E-state index is 10.1. The molecule has 10 nitrogen and oxygen atoms in total. The molecule has 3 heterocycles. The average Bonchev–Trinajstić information content (AvgIpc) is 2.89. The van der Waals surface area contributed by atoms with E-state index in [0.717, 1.165) is 0 Å². The number of anilines is 2. The minimum Gasteiger partial charge on any atom is -0.394 e. The third-order valence-corrected chi connectivity index (χ3v) is 3.53. The van der Waals surface area contributed by atoms with Crippen LogP contribution in [-0.2, 0) is 4.74 Å². The molecule has 21 heavy (non-hydrogen) atoms. The number of aliphatic hydroxyl groups is 3. The topological polar surface area (TPSA) is 166 Å². The van der Waals surface area contributed by atoms with Crippen LogP contribution < -0.4 is 11.5 Å². The van der Waals surface area contributed by atoms with Crippen molar-refractivity contribution in [2.75, 3.05) is 18.1 Å². The molecular formula is C11H16N6O4. The molecule has 2 aromatic heterocycles. The van der Waals surface area contributed by atoms with Crippen LogP contribution in [0.5, 0.6) is 0 Å². The Bertz CT molecular complexity index is 689. The van der Waals surface area contributed by atoms with Crippen LogP contribution in [0.2, 0.25) is 0 Å². The second kappa shape index (κ2) is 4.77. The first-order valence-electron chi connectivity index (χ1n) is 6.34. The number of nitrogen functional groups attached to an aromatic ring is 2. The Labute approximate surface area is 119 Å². The fraction of sp³-hybridized carbons (Fsp3) is 0.545. The first-order valence-corrected chi connectivity index (χ1v) is 6.34. The Hall–Kier alpha value is -2.01. The number of aliphatic hydroxyl groups excluding tert-OH is 3. The highest BCUT2D eigenvalue weighted by Gasteiger charge is 2.44. The van der Waals surface area contributed by atoms with E-state index in [1.807, 2.05) is 0 Å². The summed E-state index contributed by atoms with van der Waals surface area (Å²) in [4.78, 5) is 12.2. The lowest BCUT2D eigenvalue weighted by Gasteiger charge is -2.17. The monoisotopic (exact) mass is 296 g/mol. The lowest BCUT2D eigenvalue weighted by atomic mass is 10.1. The zero-order valence-corrected chi connectivity index (χ0v) is 11.2. The van der Waals surface area contributed by atoms with E-state index in [2.05, 4.69) is 15.0 Å². The van der Waals surface area contributed by atoms with Crippen molar-refractivity contribution in [3.05, 3.63) is 5.69 Å². The highest BCUT2D eigenvalue weighted by atomic mass is 16.6. The average molecular weight is 296 g/mol. The minimum atomic E-state index is -1.28. The quantitative estimate of drug-likeness (QED) is 0.417. The molecule has 0 unspecified atom stereocenters. The number of hydrogen-bond acceptors (Lipinski definition) is 9. The molecule has 0 radical (unpaired) electrons. The summed E-state index contributed by atoms with van der Waals surface area (Å²) in [6.45, 7) is 1.27. The predicted octanol–water partition coefficient (Wildman–Crippen LogP) is -2.09. The zero-order chi connectivity index (χ0) is 15.3. The van der Waals surface area contributed by atoms with E-state index in [-0.39, 0.29) is 11.9 Å². The van der Waals surface area contributed by atoms with Crippen molar-refractivity contribution in [3.8, 4) is 0 Å². The maximum atomic E-state index is 10.1. The molecule has 0 saturated carbocycles. The summed E-state index contributed by atoms with van der Waals surface area (Å²) in [7, 11) is 0. The van der Waals surface area contributed by atoms with Gasteiger partial charge in [-0.2, -0.15) is 4.98 Å².